The number of nitrogens with one attached hydrogen (secondary N) is 1. The van der Waals surface area contributed by atoms with Crippen molar-refractivity contribution in [3.05, 3.63) is 17.6 Å². The number of rotatable bonds is 1. The van der Waals surface area contributed by atoms with Crippen LogP contribution in [0.15, 0.2) is 12.7 Å². The molecule has 1 aromatic rings. The van der Waals surface area contributed by atoms with Crippen LogP contribution < -0.4 is 5.32 Å². The van der Waals surface area contributed by atoms with E-state index in [9.17, 15) is 9.59 Å². The molecule has 0 aromatic carbocycles. The van der Waals surface area contributed by atoms with Crippen LogP contribution >= 0.6 is 59.1 Å². The highest BCUT2D eigenvalue weighted by Crippen LogP contribution is 2.42. The third-order valence-corrected chi connectivity index (χ3v) is 7.64. The maximum Gasteiger partial charge on any atom is 0.267 e. The van der Waals surface area contributed by atoms with E-state index in [-0.39, 0.29) is 18.4 Å². The molecule has 18 heavy (non-hydrogen) atoms. The van der Waals surface area contributed by atoms with Crippen molar-refractivity contribution in [2.75, 3.05) is 6.54 Å². The van der Waals surface area contributed by atoms with Crippen LogP contribution in [0.4, 0.5) is 0 Å². The quantitative estimate of drug-likeness (QED) is 0.698. The molecule has 1 N–H and O–H groups in total. The number of carbonyl (C=O) groups excluding carboxylic acids is 2. The summed E-state index contributed by atoms with van der Waals surface area (Å²) in [5, 5.41) is 2.77. The molecular weight excluding hydrogens is 452 g/mol. The van der Waals surface area contributed by atoms with E-state index in [0.717, 1.165) is 8.26 Å². The minimum atomic E-state index is -0.656. The van der Waals surface area contributed by atoms with Crippen LogP contribution in [0.25, 0.3) is 0 Å². The first-order valence-electron chi connectivity index (χ1n) is 5.00. The molecule has 0 spiro atoms. The highest BCUT2D eigenvalue weighted by Gasteiger charge is 2.41. The molecule has 1 aliphatic heterocycles. The van der Waals surface area contributed by atoms with Gasteiger partial charge in [-0.15, -0.1) is 11.3 Å². The predicted octanol–water partition coefficient (Wildman–Crippen LogP) is 3.34. The van der Waals surface area contributed by atoms with Crippen LogP contribution in [-0.4, -0.2) is 28.9 Å². The van der Waals surface area contributed by atoms with E-state index in [0.29, 0.717) is 9.35 Å². The zero-order valence-corrected chi connectivity index (χ0v) is 15.1. The lowest BCUT2D eigenvalue weighted by Gasteiger charge is -2.29. The van der Waals surface area contributed by atoms with Gasteiger partial charge in [-0.2, -0.15) is 0 Å². The Morgan fingerprint density at radius 1 is 1.33 bits per heavy atom. The highest BCUT2D eigenvalue weighted by atomic mass is 79.9. The van der Waals surface area contributed by atoms with Gasteiger partial charge in [0, 0.05) is 0 Å². The topological polar surface area (TPSA) is 49.4 Å². The normalized spacial score (nSPS) is 18.1. The monoisotopic (exact) mass is 458 g/mol. The molecule has 98 valence electrons. The molecule has 2 heterocycles. The molecule has 1 fully saturated rings. The Labute approximate surface area is 133 Å². The fraction of sp³-hybridized carbons (Fsp3) is 0.400. The number of thiophene rings is 1. The summed E-state index contributed by atoms with van der Waals surface area (Å²) in [6.45, 7) is 3.70. The van der Waals surface area contributed by atoms with Gasteiger partial charge in [-0.3, -0.25) is 9.59 Å². The van der Waals surface area contributed by atoms with Crippen molar-refractivity contribution in [3.63, 3.8) is 0 Å². The minimum absolute atomic E-state index is 0.0887. The van der Waals surface area contributed by atoms with E-state index in [1.165, 1.54) is 16.2 Å². The number of hydrogen-bond acceptors (Lipinski definition) is 3. The van der Waals surface area contributed by atoms with Gasteiger partial charge in [-0.05, 0) is 61.6 Å². The minimum Gasteiger partial charge on any atom is -0.332 e. The van der Waals surface area contributed by atoms with E-state index in [1.54, 1.807) is 13.8 Å². The lowest BCUT2D eigenvalue weighted by atomic mass is 10.2. The fourth-order valence-corrected chi connectivity index (χ4v) is 4.76. The number of hydrogen-bond donors (Lipinski definition) is 1. The zero-order valence-electron chi connectivity index (χ0n) is 9.51. The van der Waals surface area contributed by atoms with Gasteiger partial charge >= 0.3 is 0 Å². The molecule has 4 nitrogen and oxygen atoms in total. The fourth-order valence-electron chi connectivity index (χ4n) is 1.74. The Bertz CT molecular complexity index is 541. The molecule has 2 rings (SSSR count). The molecule has 0 atom stereocenters. The SMILES string of the molecule is CC1(C)NC(=O)CN1C(=O)c1sc(Br)c(Br)c1Br. The number of halogens is 3. The average molecular weight is 461 g/mol. The second-order valence-corrected chi connectivity index (χ2v) is 8.26. The first kappa shape index (κ1) is 14.5. The molecule has 1 saturated heterocycles. The van der Waals surface area contributed by atoms with E-state index in [2.05, 4.69) is 53.1 Å². The summed E-state index contributed by atoms with van der Waals surface area (Å²) in [5.41, 5.74) is -0.656. The molecule has 0 unspecified atom stereocenters. The van der Waals surface area contributed by atoms with Crippen LogP contribution in [0.1, 0.15) is 23.5 Å². The summed E-state index contributed by atoms with van der Waals surface area (Å²) in [4.78, 5) is 26.0. The molecule has 0 bridgehead atoms. The van der Waals surface area contributed by atoms with Crippen LogP contribution in [0.3, 0.4) is 0 Å². The van der Waals surface area contributed by atoms with Gasteiger partial charge in [0.25, 0.3) is 5.91 Å². The number of nitrogens with zero attached hydrogens (tertiary/aromatic N) is 1. The number of carbonyl (C=O) groups is 2. The molecule has 0 saturated carbocycles. The third kappa shape index (κ3) is 2.39. The smallest absolute Gasteiger partial charge is 0.267 e. The Morgan fingerprint density at radius 2 is 1.94 bits per heavy atom. The third-order valence-electron chi connectivity index (χ3n) is 2.62. The lowest BCUT2D eigenvalue weighted by Crippen LogP contribution is -2.48. The van der Waals surface area contributed by atoms with Gasteiger partial charge in [-0.1, -0.05) is 0 Å². The van der Waals surface area contributed by atoms with Crippen LogP contribution in [0.5, 0.6) is 0 Å². The van der Waals surface area contributed by atoms with Gasteiger partial charge in [0.1, 0.15) is 17.1 Å². The van der Waals surface area contributed by atoms with Crippen molar-refractivity contribution in [1.29, 1.82) is 0 Å². The maximum absolute atomic E-state index is 12.5. The first-order valence-corrected chi connectivity index (χ1v) is 8.20. The van der Waals surface area contributed by atoms with Gasteiger partial charge in [0.05, 0.1) is 12.7 Å². The van der Waals surface area contributed by atoms with E-state index in [1.807, 2.05) is 0 Å². The summed E-state index contributed by atoms with van der Waals surface area (Å²) < 4.78 is 2.36. The summed E-state index contributed by atoms with van der Waals surface area (Å²) >= 11 is 11.5. The molecule has 2 amide bonds. The lowest BCUT2D eigenvalue weighted by molar-refractivity contribution is -0.118. The van der Waals surface area contributed by atoms with E-state index >= 15 is 0 Å². The van der Waals surface area contributed by atoms with Gasteiger partial charge in [0.2, 0.25) is 5.91 Å². The van der Waals surface area contributed by atoms with Crippen LogP contribution in [0.2, 0.25) is 0 Å². The average Bonchev–Trinajstić information content (AvgIpc) is 2.68. The first-order chi connectivity index (χ1) is 8.24. The zero-order chi connectivity index (χ0) is 13.7. The van der Waals surface area contributed by atoms with Gasteiger partial charge in [0.15, 0.2) is 0 Å². The predicted molar refractivity (Wildman–Crippen MR) is 80.7 cm³/mol. The van der Waals surface area contributed by atoms with Crippen molar-refractivity contribution in [1.82, 2.24) is 10.2 Å². The van der Waals surface area contributed by atoms with Crippen molar-refractivity contribution < 1.29 is 9.59 Å². The molecule has 1 aromatic heterocycles. The second-order valence-electron chi connectivity index (χ2n) is 4.33. The van der Waals surface area contributed by atoms with E-state index in [4.69, 9.17) is 0 Å². The van der Waals surface area contributed by atoms with Crippen molar-refractivity contribution in [3.8, 4) is 0 Å². The number of amides is 2. The maximum atomic E-state index is 12.5. The molecule has 0 radical (unpaired) electrons. The summed E-state index contributed by atoms with van der Waals surface area (Å²) in [5.74, 6) is -0.305. The van der Waals surface area contributed by atoms with E-state index < -0.39 is 5.66 Å². The van der Waals surface area contributed by atoms with Gasteiger partial charge < -0.3 is 10.2 Å². The van der Waals surface area contributed by atoms with Crippen LogP contribution in [-0.2, 0) is 4.79 Å². The Hall–Kier alpha value is 0.0800. The summed E-state index contributed by atoms with van der Waals surface area (Å²) in [7, 11) is 0. The largest absolute Gasteiger partial charge is 0.332 e. The van der Waals surface area contributed by atoms with Crippen molar-refractivity contribution in [2.24, 2.45) is 0 Å². The van der Waals surface area contributed by atoms with Crippen LogP contribution in [0, 0.1) is 0 Å². The Kier molecular flexibility index (Phi) is 3.93. The molecule has 0 aliphatic carbocycles. The standard InChI is InChI=1S/C10H9Br3N2O2S/c1-10(2)14-4(16)3-15(10)9(17)7-5(11)6(12)8(13)18-7/h3H2,1-2H3,(H,14,16). The molecular formula is C10H9Br3N2O2S. The molecule has 1 aliphatic rings. The summed E-state index contributed by atoms with van der Waals surface area (Å²) in [6, 6.07) is 0. The Morgan fingerprint density at radius 3 is 2.33 bits per heavy atom. The van der Waals surface area contributed by atoms with Crippen molar-refractivity contribution >= 4 is 70.9 Å². The molecule has 8 heteroatoms. The van der Waals surface area contributed by atoms with Gasteiger partial charge in [-0.25, -0.2) is 0 Å². The second kappa shape index (κ2) is 4.88. The Balaban J connectivity index is 2.37. The highest BCUT2D eigenvalue weighted by molar-refractivity contribution is 9.14. The summed E-state index contributed by atoms with van der Waals surface area (Å²) in [6.07, 6.45) is 0. The van der Waals surface area contributed by atoms with Crippen molar-refractivity contribution in [2.45, 2.75) is 19.5 Å².